The zero-order valence-corrected chi connectivity index (χ0v) is 8.95. The van der Waals surface area contributed by atoms with Crippen LogP contribution in [0.3, 0.4) is 0 Å². The topological polar surface area (TPSA) is 52.4 Å². The molecule has 5 heteroatoms. The molecule has 0 bridgehead atoms. The van der Waals surface area contributed by atoms with Crippen LogP contribution in [0.2, 0.25) is 0 Å². The lowest BCUT2D eigenvalue weighted by molar-refractivity contribution is -0.385. The van der Waals surface area contributed by atoms with E-state index in [1.54, 1.807) is 13.0 Å². The van der Waals surface area contributed by atoms with Gasteiger partial charge in [-0.1, -0.05) is 18.2 Å². The quantitative estimate of drug-likeness (QED) is 0.587. The van der Waals surface area contributed by atoms with Gasteiger partial charge >= 0.3 is 0 Å². The van der Waals surface area contributed by atoms with Crippen molar-refractivity contribution in [2.24, 2.45) is 0 Å². The maximum Gasteiger partial charge on any atom is 0.272 e. The van der Waals surface area contributed by atoms with E-state index in [0.717, 1.165) is 0 Å². The van der Waals surface area contributed by atoms with Crippen molar-refractivity contribution in [2.75, 3.05) is 6.61 Å². The molecular formula is C10H10ClNO3. The van der Waals surface area contributed by atoms with Gasteiger partial charge in [0.2, 0.25) is 0 Å². The number of rotatable bonds is 4. The number of halogens is 1. The van der Waals surface area contributed by atoms with Gasteiger partial charge in [0.1, 0.15) is 12.4 Å². The van der Waals surface area contributed by atoms with Gasteiger partial charge in [0.25, 0.3) is 5.69 Å². The Labute approximate surface area is 92.3 Å². The van der Waals surface area contributed by atoms with Crippen LogP contribution in [0.5, 0.6) is 5.75 Å². The highest BCUT2D eigenvalue weighted by atomic mass is 35.5. The molecule has 0 aliphatic rings. The molecule has 0 atom stereocenters. The van der Waals surface area contributed by atoms with Crippen molar-refractivity contribution in [3.63, 3.8) is 0 Å². The van der Waals surface area contributed by atoms with Crippen LogP contribution in [0.25, 0.3) is 0 Å². The van der Waals surface area contributed by atoms with E-state index in [1.807, 2.05) is 0 Å². The lowest BCUT2D eigenvalue weighted by Crippen LogP contribution is -1.98. The molecule has 0 unspecified atom stereocenters. The summed E-state index contributed by atoms with van der Waals surface area (Å²) in [5.74, 6) is 0.542. The van der Waals surface area contributed by atoms with Gasteiger partial charge in [0.05, 0.1) is 4.92 Å². The zero-order valence-electron chi connectivity index (χ0n) is 8.20. The smallest absolute Gasteiger partial charge is 0.272 e. The number of hydrogen-bond acceptors (Lipinski definition) is 3. The lowest BCUT2D eigenvalue weighted by atomic mass is 10.2. The molecular weight excluding hydrogens is 218 g/mol. The fourth-order valence-corrected chi connectivity index (χ4v) is 1.14. The Balaban J connectivity index is 2.82. The van der Waals surface area contributed by atoms with Crippen molar-refractivity contribution in [3.8, 4) is 5.75 Å². The number of hydrogen-bond donors (Lipinski definition) is 0. The first-order valence-corrected chi connectivity index (χ1v) is 4.59. The monoisotopic (exact) mass is 227 g/mol. The van der Waals surface area contributed by atoms with E-state index in [1.165, 1.54) is 12.1 Å². The fraction of sp³-hybridized carbons (Fsp3) is 0.200. The third-order valence-electron chi connectivity index (χ3n) is 1.76. The minimum absolute atomic E-state index is 0.0760. The van der Waals surface area contributed by atoms with Crippen LogP contribution < -0.4 is 4.74 Å². The summed E-state index contributed by atoms with van der Waals surface area (Å²) >= 11 is 5.52. The maximum atomic E-state index is 10.5. The highest BCUT2D eigenvalue weighted by Gasteiger charge is 2.10. The minimum Gasteiger partial charge on any atom is -0.488 e. The van der Waals surface area contributed by atoms with Gasteiger partial charge in [-0.3, -0.25) is 10.1 Å². The summed E-state index contributed by atoms with van der Waals surface area (Å²) in [7, 11) is 0. The Morgan fingerprint density at radius 1 is 1.67 bits per heavy atom. The Bertz CT molecular complexity index is 404. The Morgan fingerprint density at radius 2 is 2.33 bits per heavy atom. The molecule has 1 aromatic carbocycles. The average molecular weight is 228 g/mol. The zero-order chi connectivity index (χ0) is 11.4. The lowest BCUT2D eigenvalue weighted by Gasteiger charge is -2.05. The number of nitro benzene ring substituents is 1. The Hall–Kier alpha value is -1.55. The van der Waals surface area contributed by atoms with Crippen LogP contribution in [0.4, 0.5) is 5.69 Å². The summed E-state index contributed by atoms with van der Waals surface area (Å²) in [4.78, 5) is 10.1. The van der Waals surface area contributed by atoms with Crippen LogP contribution in [-0.2, 0) is 0 Å². The average Bonchev–Trinajstić information content (AvgIpc) is 2.14. The molecule has 0 radical (unpaired) electrons. The normalized spacial score (nSPS) is 9.73. The predicted octanol–water partition coefficient (Wildman–Crippen LogP) is 3.03. The van der Waals surface area contributed by atoms with E-state index >= 15 is 0 Å². The third-order valence-corrected chi connectivity index (χ3v) is 1.87. The molecule has 0 aromatic heterocycles. The number of ether oxygens (including phenoxy) is 1. The maximum absolute atomic E-state index is 10.5. The van der Waals surface area contributed by atoms with Crippen molar-refractivity contribution in [1.29, 1.82) is 0 Å². The second kappa shape index (κ2) is 4.79. The number of nitro groups is 1. The number of benzene rings is 1. The molecule has 1 rings (SSSR count). The minimum atomic E-state index is -0.431. The Kier molecular flexibility index (Phi) is 3.68. The molecule has 4 nitrogen and oxygen atoms in total. The van der Waals surface area contributed by atoms with Gasteiger partial charge in [-0.05, 0) is 19.1 Å². The number of aryl methyl sites for hydroxylation is 1. The fourth-order valence-electron chi connectivity index (χ4n) is 1.08. The van der Waals surface area contributed by atoms with Crippen molar-refractivity contribution in [1.82, 2.24) is 0 Å². The SMILES string of the molecule is C=C(Cl)COc1ccc([N+](=O)[O-])c(C)c1. The highest BCUT2D eigenvalue weighted by molar-refractivity contribution is 6.29. The second-order valence-electron chi connectivity index (χ2n) is 3.01. The standard InChI is InChI=1S/C10H10ClNO3/c1-7-5-9(15-6-8(2)11)3-4-10(7)12(13)14/h3-5H,2,6H2,1H3. The number of nitrogens with zero attached hydrogens (tertiary/aromatic N) is 1. The molecule has 80 valence electrons. The van der Waals surface area contributed by atoms with Crippen LogP contribution in [-0.4, -0.2) is 11.5 Å². The highest BCUT2D eigenvalue weighted by Crippen LogP contribution is 2.23. The van der Waals surface area contributed by atoms with E-state index in [0.29, 0.717) is 16.3 Å². The van der Waals surface area contributed by atoms with Crippen LogP contribution >= 0.6 is 11.6 Å². The third kappa shape index (κ3) is 3.25. The van der Waals surface area contributed by atoms with Gasteiger partial charge in [0, 0.05) is 16.7 Å². The second-order valence-corrected chi connectivity index (χ2v) is 3.55. The summed E-state index contributed by atoms with van der Waals surface area (Å²) in [5, 5.41) is 10.9. The molecule has 0 aliphatic heterocycles. The first-order chi connectivity index (χ1) is 7.00. The molecule has 0 fully saturated rings. The first-order valence-electron chi connectivity index (χ1n) is 4.22. The molecule has 0 N–H and O–H groups in total. The summed E-state index contributed by atoms with van der Waals surface area (Å²) in [5.41, 5.74) is 0.629. The van der Waals surface area contributed by atoms with E-state index in [-0.39, 0.29) is 12.3 Å². The molecule has 1 aromatic rings. The summed E-state index contributed by atoms with van der Waals surface area (Å²) in [6.45, 7) is 5.32. The molecule has 0 saturated heterocycles. The van der Waals surface area contributed by atoms with E-state index in [9.17, 15) is 10.1 Å². The molecule has 0 spiro atoms. The van der Waals surface area contributed by atoms with Crippen molar-refractivity contribution < 1.29 is 9.66 Å². The largest absolute Gasteiger partial charge is 0.488 e. The van der Waals surface area contributed by atoms with Crippen molar-refractivity contribution in [3.05, 3.63) is 45.5 Å². The summed E-state index contributed by atoms with van der Waals surface area (Å²) in [6, 6.07) is 4.53. The summed E-state index contributed by atoms with van der Waals surface area (Å²) < 4.78 is 5.23. The van der Waals surface area contributed by atoms with Crippen molar-refractivity contribution in [2.45, 2.75) is 6.92 Å². The van der Waals surface area contributed by atoms with E-state index in [4.69, 9.17) is 16.3 Å². The van der Waals surface area contributed by atoms with Gasteiger partial charge in [-0.15, -0.1) is 0 Å². The van der Waals surface area contributed by atoms with E-state index < -0.39 is 4.92 Å². The molecule has 0 saturated carbocycles. The first kappa shape index (κ1) is 11.5. The summed E-state index contributed by atoms with van der Waals surface area (Å²) in [6.07, 6.45) is 0. The molecule has 0 heterocycles. The van der Waals surface area contributed by atoms with Gasteiger partial charge in [0.15, 0.2) is 0 Å². The van der Waals surface area contributed by atoms with Crippen LogP contribution in [0, 0.1) is 17.0 Å². The Morgan fingerprint density at radius 3 is 2.80 bits per heavy atom. The van der Waals surface area contributed by atoms with Gasteiger partial charge in [-0.2, -0.15) is 0 Å². The van der Waals surface area contributed by atoms with E-state index in [2.05, 4.69) is 6.58 Å². The van der Waals surface area contributed by atoms with Gasteiger partial charge < -0.3 is 4.74 Å². The molecule has 15 heavy (non-hydrogen) atoms. The van der Waals surface area contributed by atoms with Crippen LogP contribution in [0.15, 0.2) is 29.8 Å². The van der Waals surface area contributed by atoms with Crippen molar-refractivity contribution >= 4 is 17.3 Å². The molecule has 0 aliphatic carbocycles. The molecule has 0 amide bonds. The predicted molar refractivity (Wildman–Crippen MR) is 58.3 cm³/mol. The van der Waals surface area contributed by atoms with Crippen LogP contribution in [0.1, 0.15) is 5.56 Å². The van der Waals surface area contributed by atoms with Gasteiger partial charge in [-0.25, -0.2) is 0 Å².